The molecule has 1 unspecified atom stereocenters. The van der Waals surface area contributed by atoms with Gasteiger partial charge in [0.15, 0.2) is 0 Å². The van der Waals surface area contributed by atoms with Gasteiger partial charge in [-0.2, -0.15) is 0 Å². The molecule has 26 heavy (non-hydrogen) atoms. The maximum atomic E-state index is 11.8. The highest BCUT2D eigenvalue weighted by Crippen LogP contribution is 2.16. The van der Waals surface area contributed by atoms with Gasteiger partial charge in [0.1, 0.15) is 11.7 Å². The Balaban J connectivity index is 2.39. The molecule has 0 aliphatic rings. The van der Waals surface area contributed by atoms with E-state index in [0.717, 1.165) is 0 Å². The van der Waals surface area contributed by atoms with Gasteiger partial charge < -0.3 is 14.6 Å². The second-order valence-electron chi connectivity index (χ2n) is 5.21. The molecule has 0 aliphatic carbocycles. The minimum absolute atomic E-state index is 0.243. The lowest BCUT2D eigenvalue weighted by Crippen LogP contribution is -2.15. The van der Waals surface area contributed by atoms with Gasteiger partial charge in [0.25, 0.3) is 0 Å². The Morgan fingerprint density at radius 2 is 1.54 bits per heavy atom. The lowest BCUT2D eigenvalue weighted by atomic mass is 10.0. The molecule has 1 N–H and O–H groups in total. The highest BCUT2D eigenvalue weighted by atomic mass is 16.5. The average molecular weight is 350 g/mol. The van der Waals surface area contributed by atoms with E-state index >= 15 is 0 Å². The summed E-state index contributed by atoms with van der Waals surface area (Å²) in [6.45, 7) is 0. The molecule has 0 saturated heterocycles. The molecule has 5 nitrogen and oxygen atoms in total. The van der Waals surface area contributed by atoms with Crippen molar-refractivity contribution in [3.63, 3.8) is 0 Å². The van der Waals surface area contributed by atoms with Gasteiger partial charge in [-0.15, -0.1) is 0 Å². The van der Waals surface area contributed by atoms with Gasteiger partial charge in [0.05, 0.1) is 14.2 Å². The molecule has 132 valence electrons. The van der Waals surface area contributed by atoms with E-state index in [1.807, 2.05) is 18.2 Å². The maximum absolute atomic E-state index is 11.8. The smallest absolute Gasteiger partial charge is 0.345 e. The van der Waals surface area contributed by atoms with E-state index < -0.39 is 18.0 Å². The van der Waals surface area contributed by atoms with Crippen LogP contribution in [0.1, 0.15) is 22.8 Å². The summed E-state index contributed by atoms with van der Waals surface area (Å²) in [7, 11) is 2.36. The first-order valence-corrected chi connectivity index (χ1v) is 7.78. The molecule has 0 amide bonds. The zero-order valence-electron chi connectivity index (χ0n) is 14.4. The molecule has 0 aromatic heterocycles. The first-order valence-electron chi connectivity index (χ1n) is 7.78. The van der Waals surface area contributed by atoms with E-state index in [-0.39, 0.29) is 5.57 Å². The van der Waals surface area contributed by atoms with Gasteiger partial charge in [-0.3, -0.25) is 0 Å². The first kappa shape index (κ1) is 19.0. The monoisotopic (exact) mass is 350 g/mol. The zero-order valence-corrected chi connectivity index (χ0v) is 14.4. The molecule has 1 atom stereocenters. The van der Waals surface area contributed by atoms with Gasteiger partial charge in [0, 0.05) is 5.56 Å². The second kappa shape index (κ2) is 9.21. The van der Waals surface area contributed by atoms with Crippen LogP contribution >= 0.6 is 0 Å². The summed E-state index contributed by atoms with van der Waals surface area (Å²) < 4.78 is 9.24. The topological polar surface area (TPSA) is 72.8 Å². The van der Waals surface area contributed by atoms with E-state index in [1.54, 1.807) is 36.4 Å². The van der Waals surface area contributed by atoms with Crippen LogP contribution < -0.4 is 0 Å². The van der Waals surface area contributed by atoms with Crippen molar-refractivity contribution >= 4 is 18.0 Å². The number of benzene rings is 2. The Labute approximate surface area is 151 Å². The fourth-order valence-corrected chi connectivity index (χ4v) is 2.18. The van der Waals surface area contributed by atoms with Crippen LogP contribution in [0.5, 0.6) is 0 Å². The zero-order chi connectivity index (χ0) is 18.9. The summed E-state index contributed by atoms with van der Waals surface area (Å²) in [6, 6.07) is 16.0. The second-order valence-corrected chi connectivity index (χ2v) is 5.21. The molecule has 0 heterocycles. The van der Waals surface area contributed by atoms with Crippen molar-refractivity contribution in [1.82, 2.24) is 0 Å². The van der Waals surface area contributed by atoms with Crippen molar-refractivity contribution in [2.75, 3.05) is 14.2 Å². The Kier molecular flexibility index (Phi) is 6.72. The van der Waals surface area contributed by atoms with Crippen LogP contribution in [-0.4, -0.2) is 31.3 Å². The highest BCUT2D eigenvalue weighted by molar-refractivity contribution is 6.17. The number of esters is 2. The maximum Gasteiger partial charge on any atom is 0.345 e. The lowest BCUT2D eigenvalue weighted by molar-refractivity contribution is -0.143. The normalized spacial score (nSPS) is 10.7. The average Bonchev–Trinajstić information content (AvgIpc) is 2.70. The predicted molar refractivity (Wildman–Crippen MR) is 96.7 cm³/mol. The Bertz CT molecular complexity index is 854. The molecule has 0 radical (unpaired) electrons. The van der Waals surface area contributed by atoms with Crippen molar-refractivity contribution in [3.8, 4) is 11.8 Å². The summed E-state index contributed by atoms with van der Waals surface area (Å²) in [5, 5.41) is 10.2. The van der Waals surface area contributed by atoms with E-state index in [2.05, 4.69) is 21.3 Å². The summed E-state index contributed by atoms with van der Waals surface area (Å²) in [5.74, 6) is 4.04. The third-order valence-electron chi connectivity index (χ3n) is 3.53. The van der Waals surface area contributed by atoms with Crippen LogP contribution in [0, 0.1) is 11.8 Å². The Morgan fingerprint density at radius 3 is 2.15 bits per heavy atom. The number of methoxy groups -OCH3 is 2. The number of ether oxygens (including phenoxy) is 2. The Morgan fingerprint density at radius 1 is 0.962 bits per heavy atom. The van der Waals surface area contributed by atoms with Crippen LogP contribution in [0.2, 0.25) is 0 Å². The molecular formula is C21H18O5. The van der Waals surface area contributed by atoms with Crippen molar-refractivity contribution in [3.05, 3.63) is 76.9 Å². The van der Waals surface area contributed by atoms with E-state index in [0.29, 0.717) is 16.7 Å². The molecule has 2 rings (SSSR count). The minimum Gasteiger partial charge on any atom is -0.465 e. The molecule has 0 aliphatic heterocycles. The van der Waals surface area contributed by atoms with E-state index in [4.69, 9.17) is 0 Å². The number of carbonyl (C=O) groups excluding carboxylic acids is 2. The molecule has 5 heteroatoms. The van der Waals surface area contributed by atoms with Crippen LogP contribution in [0.25, 0.3) is 6.08 Å². The van der Waals surface area contributed by atoms with Gasteiger partial charge in [0.2, 0.25) is 0 Å². The summed E-state index contributed by atoms with van der Waals surface area (Å²) in [5.41, 5.74) is 1.52. The lowest BCUT2D eigenvalue weighted by Gasteiger charge is -2.05. The number of aliphatic hydroxyl groups excluding tert-OH is 1. The van der Waals surface area contributed by atoms with E-state index in [9.17, 15) is 14.7 Å². The minimum atomic E-state index is -0.950. The van der Waals surface area contributed by atoms with Crippen molar-refractivity contribution in [2.45, 2.75) is 6.10 Å². The van der Waals surface area contributed by atoms with E-state index in [1.165, 1.54) is 20.3 Å². The highest BCUT2D eigenvalue weighted by Gasteiger charge is 2.20. The quantitative estimate of drug-likeness (QED) is 0.302. The summed E-state index contributed by atoms with van der Waals surface area (Å²) >= 11 is 0. The first-order chi connectivity index (χ1) is 12.6. The number of hydrogen-bond donors (Lipinski definition) is 1. The molecule has 2 aromatic rings. The van der Waals surface area contributed by atoms with Crippen molar-refractivity contribution < 1.29 is 24.2 Å². The van der Waals surface area contributed by atoms with Crippen molar-refractivity contribution in [2.24, 2.45) is 0 Å². The van der Waals surface area contributed by atoms with Gasteiger partial charge in [-0.05, 0) is 23.3 Å². The molecule has 0 spiro atoms. The molecular weight excluding hydrogens is 332 g/mol. The van der Waals surface area contributed by atoms with Gasteiger partial charge >= 0.3 is 11.9 Å². The summed E-state index contributed by atoms with van der Waals surface area (Å²) in [6.07, 6.45) is 0.408. The number of rotatable bonds is 4. The van der Waals surface area contributed by atoms with Crippen LogP contribution in [0.15, 0.2) is 60.2 Å². The van der Waals surface area contributed by atoms with Crippen molar-refractivity contribution in [1.29, 1.82) is 0 Å². The van der Waals surface area contributed by atoms with Gasteiger partial charge in [-0.25, -0.2) is 9.59 Å². The fraction of sp³-hybridized carbons (Fsp3) is 0.143. The van der Waals surface area contributed by atoms with Crippen LogP contribution in [0.4, 0.5) is 0 Å². The third kappa shape index (κ3) is 4.82. The number of carbonyl (C=O) groups is 2. The molecule has 0 bridgehead atoms. The molecule has 0 saturated carbocycles. The van der Waals surface area contributed by atoms with Crippen LogP contribution in [-0.2, 0) is 19.1 Å². The van der Waals surface area contributed by atoms with Gasteiger partial charge in [-0.1, -0.05) is 60.4 Å². The number of hydrogen-bond acceptors (Lipinski definition) is 5. The fourth-order valence-electron chi connectivity index (χ4n) is 2.18. The third-order valence-corrected chi connectivity index (χ3v) is 3.53. The Hall–Kier alpha value is -3.36. The molecule has 0 fully saturated rings. The SMILES string of the molecule is COC(=O)C(=Cc1ccccc1C#CC(O)c1ccccc1)C(=O)OC. The standard InChI is InChI=1S/C21H18O5/c1-25-20(23)18(21(24)26-2)14-17-11-7-6-8-15(17)12-13-19(22)16-9-4-3-5-10-16/h3-11,14,19,22H,1-2H3. The summed E-state index contributed by atoms with van der Waals surface area (Å²) in [4.78, 5) is 23.6. The molecule has 2 aromatic carbocycles. The van der Waals surface area contributed by atoms with Crippen LogP contribution in [0.3, 0.4) is 0 Å². The number of aliphatic hydroxyl groups is 1. The predicted octanol–water partition coefficient (Wildman–Crippen LogP) is 2.50. The largest absolute Gasteiger partial charge is 0.465 e.